The minimum atomic E-state index is 0.119. The van der Waals surface area contributed by atoms with Gasteiger partial charge in [0.15, 0.2) is 0 Å². The first-order valence-electron chi connectivity index (χ1n) is 6.80. The Morgan fingerprint density at radius 3 is 2.53 bits per heavy atom. The first kappa shape index (κ1) is 15.7. The van der Waals surface area contributed by atoms with Crippen molar-refractivity contribution in [3.63, 3.8) is 0 Å². The van der Waals surface area contributed by atoms with Crippen molar-refractivity contribution in [2.75, 3.05) is 26.0 Å². The molecule has 1 unspecified atom stereocenters. The summed E-state index contributed by atoms with van der Waals surface area (Å²) in [4.78, 5) is 10.9. The van der Waals surface area contributed by atoms with Gasteiger partial charge in [-0.1, -0.05) is 0 Å². The summed E-state index contributed by atoms with van der Waals surface area (Å²) < 4.78 is 5.62. The van der Waals surface area contributed by atoms with E-state index in [0.717, 1.165) is 18.7 Å². The maximum atomic E-state index is 5.62. The zero-order valence-corrected chi connectivity index (χ0v) is 12.9. The summed E-state index contributed by atoms with van der Waals surface area (Å²) in [6, 6.07) is 2.19. The van der Waals surface area contributed by atoms with Crippen LogP contribution in [0.3, 0.4) is 0 Å². The maximum absolute atomic E-state index is 5.62. The molecule has 1 rings (SSSR count). The Morgan fingerprint density at radius 2 is 1.95 bits per heavy atom. The monoisotopic (exact) mass is 266 g/mol. The van der Waals surface area contributed by atoms with Crippen LogP contribution < -0.4 is 10.1 Å². The smallest absolute Gasteiger partial charge is 0.226 e. The Kier molecular flexibility index (Phi) is 6.02. The van der Waals surface area contributed by atoms with Gasteiger partial charge in [-0.15, -0.1) is 0 Å². The van der Waals surface area contributed by atoms with Gasteiger partial charge in [-0.05, 0) is 54.8 Å². The SMILES string of the molecule is Cc1cc(OC(C)C)nc(NC(C)CCN(C)C)n1. The molecule has 1 atom stereocenters. The Hall–Kier alpha value is -1.36. The molecule has 0 amide bonds. The molecule has 0 aliphatic rings. The van der Waals surface area contributed by atoms with Crippen molar-refractivity contribution in [2.24, 2.45) is 0 Å². The zero-order valence-electron chi connectivity index (χ0n) is 12.9. The lowest BCUT2D eigenvalue weighted by Gasteiger charge is -2.17. The third-order valence-electron chi connectivity index (χ3n) is 2.57. The lowest BCUT2D eigenvalue weighted by atomic mass is 10.2. The molecule has 0 saturated heterocycles. The van der Waals surface area contributed by atoms with Crippen molar-refractivity contribution < 1.29 is 4.74 Å². The average molecular weight is 266 g/mol. The quantitative estimate of drug-likeness (QED) is 0.821. The highest BCUT2D eigenvalue weighted by molar-refractivity contribution is 5.31. The molecule has 5 nitrogen and oxygen atoms in total. The Balaban J connectivity index is 2.64. The fourth-order valence-electron chi connectivity index (χ4n) is 1.65. The third kappa shape index (κ3) is 6.38. The number of aryl methyl sites for hydroxylation is 1. The first-order valence-corrected chi connectivity index (χ1v) is 6.80. The summed E-state index contributed by atoms with van der Waals surface area (Å²) in [5.74, 6) is 1.27. The summed E-state index contributed by atoms with van der Waals surface area (Å²) in [5, 5.41) is 3.32. The second-order valence-electron chi connectivity index (χ2n) is 5.48. The number of ether oxygens (including phenoxy) is 1. The molecule has 0 radical (unpaired) electrons. The number of nitrogens with zero attached hydrogens (tertiary/aromatic N) is 3. The van der Waals surface area contributed by atoms with Crippen LogP contribution in [0, 0.1) is 6.92 Å². The van der Waals surface area contributed by atoms with Crippen molar-refractivity contribution in [1.82, 2.24) is 14.9 Å². The summed E-state index contributed by atoms with van der Waals surface area (Å²) in [7, 11) is 4.15. The molecular weight excluding hydrogens is 240 g/mol. The topological polar surface area (TPSA) is 50.3 Å². The van der Waals surface area contributed by atoms with Gasteiger partial charge < -0.3 is 15.0 Å². The molecule has 1 N–H and O–H groups in total. The average Bonchev–Trinajstić information content (AvgIpc) is 2.24. The van der Waals surface area contributed by atoms with E-state index in [1.54, 1.807) is 0 Å². The number of nitrogens with one attached hydrogen (secondary N) is 1. The van der Waals surface area contributed by atoms with Crippen LogP contribution in [-0.4, -0.2) is 47.7 Å². The molecule has 1 aromatic heterocycles. The van der Waals surface area contributed by atoms with Gasteiger partial charge >= 0.3 is 0 Å². The highest BCUT2D eigenvalue weighted by atomic mass is 16.5. The lowest BCUT2D eigenvalue weighted by molar-refractivity contribution is 0.232. The highest BCUT2D eigenvalue weighted by Crippen LogP contribution is 2.14. The zero-order chi connectivity index (χ0) is 14.4. The van der Waals surface area contributed by atoms with Gasteiger partial charge in [-0.3, -0.25) is 0 Å². The molecule has 0 aliphatic carbocycles. The van der Waals surface area contributed by atoms with Gasteiger partial charge in [0.25, 0.3) is 0 Å². The molecule has 0 aliphatic heterocycles. The van der Waals surface area contributed by atoms with Gasteiger partial charge in [-0.2, -0.15) is 4.98 Å². The minimum absolute atomic E-state index is 0.119. The van der Waals surface area contributed by atoms with E-state index < -0.39 is 0 Å². The predicted molar refractivity (Wildman–Crippen MR) is 78.8 cm³/mol. The van der Waals surface area contributed by atoms with Crippen LogP contribution >= 0.6 is 0 Å². The second-order valence-corrected chi connectivity index (χ2v) is 5.48. The van der Waals surface area contributed by atoms with Gasteiger partial charge in [0, 0.05) is 17.8 Å². The molecule has 0 spiro atoms. The van der Waals surface area contributed by atoms with E-state index in [2.05, 4.69) is 41.2 Å². The number of rotatable bonds is 7. The van der Waals surface area contributed by atoms with Crippen molar-refractivity contribution in [2.45, 2.75) is 46.3 Å². The molecule has 108 valence electrons. The molecule has 1 heterocycles. The largest absolute Gasteiger partial charge is 0.475 e. The van der Waals surface area contributed by atoms with E-state index in [0.29, 0.717) is 17.9 Å². The number of aromatic nitrogens is 2. The van der Waals surface area contributed by atoms with E-state index in [9.17, 15) is 0 Å². The molecule has 0 bridgehead atoms. The van der Waals surface area contributed by atoms with Gasteiger partial charge in [0.2, 0.25) is 11.8 Å². The predicted octanol–water partition coefficient (Wildman–Crippen LogP) is 2.32. The minimum Gasteiger partial charge on any atom is -0.475 e. The van der Waals surface area contributed by atoms with Crippen LogP contribution in [0.2, 0.25) is 0 Å². The van der Waals surface area contributed by atoms with Crippen LogP contribution in [-0.2, 0) is 0 Å². The van der Waals surface area contributed by atoms with Gasteiger partial charge in [0.1, 0.15) is 0 Å². The Labute approximate surface area is 116 Å². The fraction of sp³-hybridized carbons (Fsp3) is 0.714. The molecule has 5 heteroatoms. The molecule has 0 aromatic carbocycles. The Morgan fingerprint density at radius 1 is 1.26 bits per heavy atom. The van der Waals surface area contributed by atoms with E-state index >= 15 is 0 Å². The molecule has 0 saturated carbocycles. The van der Waals surface area contributed by atoms with Crippen LogP contribution in [0.1, 0.15) is 32.9 Å². The molecule has 0 fully saturated rings. The lowest BCUT2D eigenvalue weighted by Crippen LogP contribution is -2.24. The first-order chi connectivity index (χ1) is 8.86. The maximum Gasteiger partial charge on any atom is 0.226 e. The number of hydrogen-bond donors (Lipinski definition) is 1. The summed E-state index contributed by atoms with van der Waals surface area (Å²) in [6.45, 7) is 9.10. The summed E-state index contributed by atoms with van der Waals surface area (Å²) in [5.41, 5.74) is 0.910. The van der Waals surface area contributed by atoms with Gasteiger partial charge in [0.05, 0.1) is 6.10 Å². The fourth-order valence-corrected chi connectivity index (χ4v) is 1.65. The van der Waals surface area contributed by atoms with Crippen LogP contribution in [0.15, 0.2) is 6.07 Å². The summed E-state index contributed by atoms with van der Waals surface area (Å²) in [6.07, 6.45) is 1.17. The van der Waals surface area contributed by atoms with Gasteiger partial charge in [-0.25, -0.2) is 4.98 Å². The van der Waals surface area contributed by atoms with E-state index in [-0.39, 0.29) is 6.10 Å². The van der Waals surface area contributed by atoms with Crippen molar-refractivity contribution in [3.05, 3.63) is 11.8 Å². The van der Waals surface area contributed by atoms with E-state index in [1.165, 1.54) is 0 Å². The number of anilines is 1. The normalized spacial score (nSPS) is 12.8. The van der Waals surface area contributed by atoms with Crippen LogP contribution in [0.5, 0.6) is 5.88 Å². The summed E-state index contributed by atoms with van der Waals surface area (Å²) >= 11 is 0. The van der Waals surface area contributed by atoms with Crippen LogP contribution in [0.25, 0.3) is 0 Å². The van der Waals surface area contributed by atoms with Crippen molar-refractivity contribution in [3.8, 4) is 5.88 Å². The standard InChI is InChI=1S/C14H26N4O/c1-10(2)19-13-9-12(4)16-14(17-13)15-11(3)7-8-18(5)6/h9-11H,7-8H2,1-6H3,(H,15,16,17). The number of hydrogen-bond acceptors (Lipinski definition) is 5. The van der Waals surface area contributed by atoms with E-state index in [1.807, 2.05) is 26.8 Å². The second kappa shape index (κ2) is 7.28. The molecule has 1 aromatic rings. The van der Waals surface area contributed by atoms with Crippen molar-refractivity contribution >= 4 is 5.95 Å². The van der Waals surface area contributed by atoms with Crippen LogP contribution in [0.4, 0.5) is 5.95 Å². The third-order valence-corrected chi connectivity index (χ3v) is 2.57. The van der Waals surface area contributed by atoms with Crippen molar-refractivity contribution in [1.29, 1.82) is 0 Å². The van der Waals surface area contributed by atoms with E-state index in [4.69, 9.17) is 4.74 Å². The molecular formula is C14H26N4O. The molecule has 19 heavy (non-hydrogen) atoms. The Bertz CT molecular complexity index is 393. The highest BCUT2D eigenvalue weighted by Gasteiger charge is 2.08.